The molecule has 0 fully saturated rings. The van der Waals surface area contributed by atoms with Gasteiger partial charge in [0.1, 0.15) is 10.9 Å². The van der Waals surface area contributed by atoms with Crippen molar-refractivity contribution in [1.82, 2.24) is 4.98 Å². The van der Waals surface area contributed by atoms with Crippen molar-refractivity contribution in [3.8, 4) is 5.75 Å². The SMILES string of the molecule is COc1cc(C)c(C(=O)c2ccnc(Cl)c2)cc1C. The van der Waals surface area contributed by atoms with Crippen LogP contribution in [0, 0.1) is 13.8 Å². The molecular formula is C15H14ClNO2. The number of pyridine rings is 1. The van der Waals surface area contributed by atoms with Crippen LogP contribution in [0.2, 0.25) is 5.15 Å². The Kier molecular flexibility index (Phi) is 3.86. The Morgan fingerprint density at radius 2 is 1.95 bits per heavy atom. The molecule has 0 saturated carbocycles. The molecule has 0 unspecified atom stereocenters. The number of hydrogen-bond donors (Lipinski definition) is 0. The Labute approximate surface area is 117 Å². The van der Waals surface area contributed by atoms with Crippen LogP contribution in [0.1, 0.15) is 27.0 Å². The third kappa shape index (κ3) is 2.76. The highest BCUT2D eigenvalue weighted by molar-refractivity contribution is 6.30. The van der Waals surface area contributed by atoms with Crippen molar-refractivity contribution in [1.29, 1.82) is 0 Å². The van der Waals surface area contributed by atoms with E-state index in [1.54, 1.807) is 19.2 Å². The molecule has 0 N–H and O–H groups in total. The second kappa shape index (κ2) is 5.41. The quantitative estimate of drug-likeness (QED) is 0.635. The van der Waals surface area contributed by atoms with Crippen LogP contribution in [-0.2, 0) is 0 Å². The van der Waals surface area contributed by atoms with Crippen LogP contribution in [0.25, 0.3) is 0 Å². The molecule has 0 bridgehead atoms. The van der Waals surface area contributed by atoms with Crippen molar-refractivity contribution in [2.75, 3.05) is 7.11 Å². The number of nitrogens with zero attached hydrogens (tertiary/aromatic N) is 1. The topological polar surface area (TPSA) is 39.2 Å². The lowest BCUT2D eigenvalue weighted by Crippen LogP contribution is -2.05. The fourth-order valence-corrected chi connectivity index (χ4v) is 2.13. The Morgan fingerprint density at radius 3 is 2.58 bits per heavy atom. The third-order valence-electron chi connectivity index (χ3n) is 2.98. The van der Waals surface area contributed by atoms with E-state index in [9.17, 15) is 4.79 Å². The number of ketones is 1. The van der Waals surface area contributed by atoms with E-state index in [2.05, 4.69) is 4.98 Å². The first-order valence-corrected chi connectivity index (χ1v) is 6.22. The number of ether oxygens (including phenoxy) is 1. The molecule has 98 valence electrons. The lowest BCUT2D eigenvalue weighted by Gasteiger charge is -2.10. The smallest absolute Gasteiger partial charge is 0.193 e. The van der Waals surface area contributed by atoms with E-state index < -0.39 is 0 Å². The van der Waals surface area contributed by atoms with Crippen molar-refractivity contribution in [3.05, 3.63) is 57.9 Å². The summed E-state index contributed by atoms with van der Waals surface area (Å²) in [5, 5.41) is 0.314. The van der Waals surface area contributed by atoms with Gasteiger partial charge in [0.2, 0.25) is 0 Å². The molecule has 0 aliphatic carbocycles. The predicted octanol–water partition coefficient (Wildman–Crippen LogP) is 3.59. The number of aryl methyl sites for hydroxylation is 2. The summed E-state index contributed by atoms with van der Waals surface area (Å²) in [6.45, 7) is 3.80. The van der Waals surface area contributed by atoms with Gasteiger partial charge in [-0.2, -0.15) is 0 Å². The molecule has 2 aromatic rings. The number of benzene rings is 1. The van der Waals surface area contributed by atoms with Crippen molar-refractivity contribution in [3.63, 3.8) is 0 Å². The normalized spacial score (nSPS) is 10.3. The fourth-order valence-electron chi connectivity index (χ4n) is 1.95. The van der Waals surface area contributed by atoms with Gasteiger partial charge in [-0.1, -0.05) is 11.6 Å². The fraction of sp³-hybridized carbons (Fsp3) is 0.200. The first-order valence-electron chi connectivity index (χ1n) is 5.84. The molecule has 0 spiro atoms. The van der Waals surface area contributed by atoms with Gasteiger partial charge in [0.25, 0.3) is 0 Å². The van der Waals surface area contributed by atoms with Gasteiger partial charge in [-0.15, -0.1) is 0 Å². The average molecular weight is 276 g/mol. The Balaban J connectivity index is 2.47. The summed E-state index contributed by atoms with van der Waals surface area (Å²) in [5.41, 5.74) is 2.99. The van der Waals surface area contributed by atoms with Gasteiger partial charge in [0.15, 0.2) is 5.78 Å². The highest BCUT2D eigenvalue weighted by atomic mass is 35.5. The summed E-state index contributed by atoms with van der Waals surface area (Å²) in [4.78, 5) is 16.3. The average Bonchev–Trinajstić information content (AvgIpc) is 2.40. The number of rotatable bonds is 3. The summed E-state index contributed by atoms with van der Waals surface area (Å²) in [6.07, 6.45) is 1.53. The van der Waals surface area contributed by atoms with Crippen LogP contribution in [-0.4, -0.2) is 17.9 Å². The largest absolute Gasteiger partial charge is 0.496 e. The Hall–Kier alpha value is -1.87. The standard InChI is InChI=1S/C15H14ClNO2/c1-9-7-13(19-3)10(2)6-12(9)15(18)11-4-5-17-14(16)8-11/h4-8H,1-3H3. The molecule has 2 rings (SSSR count). The molecule has 0 saturated heterocycles. The monoisotopic (exact) mass is 275 g/mol. The second-order valence-corrected chi connectivity index (χ2v) is 4.72. The lowest BCUT2D eigenvalue weighted by atomic mass is 9.97. The molecule has 0 radical (unpaired) electrons. The second-order valence-electron chi connectivity index (χ2n) is 4.33. The molecule has 1 heterocycles. The van der Waals surface area contributed by atoms with Crippen LogP contribution in [0.4, 0.5) is 0 Å². The summed E-state index contributed by atoms with van der Waals surface area (Å²) in [5.74, 6) is 0.717. The van der Waals surface area contributed by atoms with Crippen LogP contribution in [0.3, 0.4) is 0 Å². The lowest BCUT2D eigenvalue weighted by molar-refractivity contribution is 0.103. The summed E-state index contributed by atoms with van der Waals surface area (Å²) in [7, 11) is 1.62. The number of carbonyl (C=O) groups is 1. The molecule has 1 aromatic heterocycles. The number of halogens is 1. The molecule has 3 nitrogen and oxygen atoms in total. The number of methoxy groups -OCH3 is 1. The van der Waals surface area contributed by atoms with E-state index in [4.69, 9.17) is 16.3 Å². The zero-order chi connectivity index (χ0) is 14.0. The van der Waals surface area contributed by atoms with Crippen molar-refractivity contribution in [2.45, 2.75) is 13.8 Å². The number of carbonyl (C=O) groups excluding carboxylic acids is 1. The van der Waals surface area contributed by atoms with E-state index in [0.29, 0.717) is 16.3 Å². The molecule has 4 heteroatoms. The van der Waals surface area contributed by atoms with Crippen LogP contribution in [0.15, 0.2) is 30.5 Å². The summed E-state index contributed by atoms with van der Waals surface area (Å²) < 4.78 is 5.24. The minimum Gasteiger partial charge on any atom is -0.496 e. The maximum atomic E-state index is 12.4. The van der Waals surface area contributed by atoms with E-state index >= 15 is 0 Å². The van der Waals surface area contributed by atoms with Crippen molar-refractivity contribution < 1.29 is 9.53 Å². The first-order chi connectivity index (χ1) is 9.02. The van der Waals surface area contributed by atoms with Gasteiger partial charge in [0.05, 0.1) is 7.11 Å². The zero-order valence-electron chi connectivity index (χ0n) is 11.0. The van der Waals surface area contributed by atoms with Gasteiger partial charge in [-0.25, -0.2) is 4.98 Å². The van der Waals surface area contributed by atoms with Gasteiger partial charge in [0, 0.05) is 17.3 Å². The van der Waals surface area contributed by atoms with Gasteiger partial charge in [-0.05, 0) is 49.2 Å². The number of aromatic nitrogens is 1. The van der Waals surface area contributed by atoms with Gasteiger partial charge < -0.3 is 4.74 Å². The molecule has 0 atom stereocenters. The van der Waals surface area contributed by atoms with E-state index in [1.807, 2.05) is 26.0 Å². The first kappa shape index (κ1) is 13.6. The van der Waals surface area contributed by atoms with E-state index in [0.717, 1.165) is 16.9 Å². The molecule has 0 aliphatic rings. The Morgan fingerprint density at radius 1 is 1.21 bits per heavy atom. The highest BCUT2D eigenvalue weighted by Crippen LogP contribution is 2.24. The van der Waals surface area contributed by atoms with E-state index in [-0.39, 0.29) is 5.78 Å². The third-order valence-corrected chi connectivity index (χ3v) is 3.18. The minimum atomic E-state index is -0.0625. The van der Waals surface area contributed by atoms with Gasteiger partial charge in [-0.3, -0.25) is 4.79 Å². The highest BCUT2D eigenvalue weighted by Gasteiger charge is 2.14. The molecule has 0 amide bonds. The minimum absolute atomic E-state index is 0.0625. The van der Waals surface area contributed by atoms with Crippen molar-refractivity contribution in [2.24, 2.45) is 0 Å². The van der Waals surface area contributed by atoms with E-state index in [1.165, 1.54) is 6.20 Å². The molecule has 1 aromatic carbocycles. The van der Waals surface area contributed by atoms with Crippen molar-refractivity contribution >= 4 is 17.4 Å². The molecule has 0 aliphatic heterocycles. The zero-order valence-corrected chi connectivity index (χ0v) is 11.8. The Bertz CT molecular complexity index is 638. The molecular weight excluding hydrogens is 262 g/mol. The van der Waals surface area contributed by atoms with Gasteiger partial charge >= 0.3 is 0 Å². The maximum absolute atomic E-state index is 12.4. The van der Waals surface area contributed by atoms with Crippen LogP contribution >= 0.6 is 11.6 Å². The maximum Gasteiger partial charge on any atom is 0.193 e. The number of hydrogen-bond acceptors (Lipinski definition) is 3. The van der Waals surface area contributed by atoms with Crippen LogP contribution in [0.5, 0.6) is 5.75 Å². The summed E-state index contributed by atoms with van der Waals surface area (Å²) >= 11 is 5.81. The summed E-state index contributed by atoms with van der Waals surface area (Å²) in [6, 6.07) is 6.94. The molecule has 19 heavy (non-hydrogen) atoms. The van der Waals surface area contributed by atoms with Crippen LogP contribution < -0.4 is 4.74 Å². The predicted molar refractivity (Wildman–Crippen MR) is 75.1 cm³/mol.